The number of anilines is 1. The fourth-order valence-corrected chi connectivity index (χ4v) is 3.56. The molecule has 1 aromatic rings. The lowest BCUT2D eigenvalue weighted by Crippen LogP contribution is -2.32. The molecule has 108 valence electrons. The molecule has 0 saturated heterocycles. The first kappa shape index (κ1) is 14.3. The van der Waals surface area contributed by atoms with E-state index >= 15 is 0 Å². The third-order valence-electron chi connectivity index (χ3n) is 3.49. The van der Waals surface area contributed by atoms with Crippen LogP contribution in [0.3, 0.4) is 0 Å². The monoisotopic (exact) mass is 288 g/mol. The van der Waals surface area contributed by atoms with Crippen LogP contribution in [0.5, 0.6) is 0 Å². The van der Waals surface area contributed by atoms with Crippen molar-refractivity contribution >= 4 is 15.8 Å². The molecule has 1 saturated carbocycles. The summed E-state index contributed by atoms with van der Waals surface area (Å²) in [6, 6.07) is 0. The maximum atomic E-state index is 12.1. The van der Waals surface area contributed by atoms with Gasteiger partial charge in [0.15, 0.2) is 5.82 Å². The molecule has 2 rings (SSSR count). The predicted octanol–water partition coefficient (Wildman–Crippen LogP) is -0.168. The normalized spacial score (nSPS) is 24.5. The van der Waals surface area contributed by atoms with E-state index < -0.39 is 10.0 Å². The zero-order valence-corrected chi connectivity index (χ0v) is 11.7. The van der Waals surface area contributed by atoms with Crippen LogP contribution in [0.4, 0.5) is 5.82 Å². The lowest BCUT2D eigenvalue weighted by atomic mass is 9.88. The van der Waals surface area contributed by atoms with E-state index in [9.17, 15) is 13.5 Å². The van der Waals surface area contributed by atoms with Crippen LogP contribution in [0.25, 0.3) is 0 Å². The van der Waals surface area contributed by atoms with Crippen molar-refractivity contribution < 1.29 is 13.5 Å². The van der Waals surface area contributed by atoms with Crippen molar-refractivity contribution in [3.63, 3.8) is 0 Å². The lowest BCUT2D eigenvalue weighted by Gasteiger charge is -2.25. The standard InChI is InChI=1S/C11H20N4O3S/c1-15-7-10(11(12)14-15)19(17,18)13-6-8-2-4-9(16)5-3-8/h7-9,13,16H,2-6H2,1H3,(H2,12,14). The van der Waals surface area contributed by atoms with Crippen molar-refractivity contribution in [2.75, 3.05) is 12.3 Å². The van der Waals surface area contributed by atoms with Crippen LogP contribution in [-0.2, 0) is 17.1 Å². The highest BCUT2D eigenvalue weighted by molar-refractivity contribution is 7.89. The number of nitrogens with one attached hydrogen (secondary N) is 1. The van der Waals surface area contributed by atoms with Gasteiger partial charge in [-0.05, 0) is 31.6 Å². The summed E-state index contributed by atoms with van der Waals surface area (Å²) in [7, 11) is -1.98. The average Bonchev–Trinajstić information content (AvgIpc) is 2.69. The third-order valence-corrected chi connectivity index (χ3v) is 4.93. The maximum absolute atomic E-state index is 12.1. The fraction of sp³-hybridized carbons (Fsp3) is 0.727. The van der Waals surface area contributed by atoms with E-state index in [1.165, 1.54) is 10.9 Å². The Morgan fingerprint density at radius 3 is 2.63 bits per heavy atom. The van der Waals surface area contributed by atoms with Crippen LogP contribution in [0.2, 0.25) is 0 Å². The Morgan fingerprint density at radius 1 is 1.47 bits per heavy atom. The van der Waals surface area contributed by atoms with E-state index in [1.54, 1.807) is 7.05 Å². The highest BCUT2D eigenvalue weighted by Crippen LogP contribution is 2.24. The number of nitrogens with zero attached hydrogens (tertiary/aromatic N) is 2. The fourth-order valence-electron chi connectivity index (χ4n) is 2.35. The molecule has 0 radical (unpaired) electrons. The molecule has 1 aromatic heterocycles. The molecule has 8 heteroatoms. The smallest absolute Gasteiger partial charge is 0.245 e. The summed E-state index contributed by atoms with van der Waals surface area (Å²) in [5.74, 6) is 0.283. The summed E-state index contributed by atoms with van der Waals surface area (Å²) in [6.07, 6.45) is 4.31. The highest BCUT2D eigenvalue weighted by atomic mass is 32.2. The van der Waals surface area contributed by atoms with Gasteiger partial charge in [-0.1, -0.05) is 0 Å². The summed E-state index contributed by atoms with van der Waals surface area (Å²) in [6.45, 7) is 0.378. The Morgan fingerprint density at radius 2 is 2.11 bits per heavy atom. The number of hydrogen-bond donors (Lipinski definition) is 3. The minimum absolute atomic E-state index is 0.00839. The summed E-state index contributed by atoms with van der Waals surface area (Å²) in [4.78, 5) is 0.0193. The molecule has 1 aliphatic carbocycles. The first-order valence-electron chi connectivity index (χ1n) is 6.35. The molecule has 0 aliphatic heterocycles. The van der Waals surface area contributed by atoms with Crippen molar-refractivity contribution in [3.05, 3.63) is 6.20 Å². The molecule has 1 heterocycles. The Labute approximate surface area is 112 Å². The summed E-state index contributed by atoms with van der Waals surface area (Å²) >= 11 is 0. The number of nitrogens with two attached hydrogens (primary N) is 1. The van der Waals surface area contributed by atoms with Gasteiger partial charge in [0.05, 0.1) is 6.10 Å². The maximum Gasteiger partial charge on any atom is 0.245 e. The molecule has 0 aromatic carbocycles. The number of aryl methyl sites for hydroxylation is 1. The zero-order chi connectivity index (χ0) is 14.0. The largest absolute Gasteiger partial charge is 0.393 e. The van der Waals surface area contributed by atoms with Crippen LogP contribution in [0.15, 0.2) is 11.1 Å². The summed E-state index contributed by atoms with van der Waals surface area (Å²) in [5, 5.41) is 13.2. The van der Waals surface area contributed by atoms with Crippen LogP contribution in [-0.4, -0.2) is 36.0 Å². The second kappa shape index (κ2) is 5.48. The van der Waals surface area contributed by atoms with Crippen LogP contribution in [0.1, 0.15) is 25.7 Å². The van der Waals surface area contributed by atoms with E-state index in [0.717, 1.165) is 25.7 Å². The Hall–Kier alpha value is -1.12. The molecule has 7 nitrogen and oxygen atoms in total. The van der Waals surface area contributed by atoms with Gasteiger partial charge in [-0.25, -0.2) is 13.1 Å². The molecule has 0 atom stereocenters. The van der Waals surface area contributed by atoms with E-state index in [1.807, 2.05) is 0 Å². The van der Waals surface area contributed by atoms with Crippen molar-refractivity contribution in [3.8, 4) is 0 Å². The minimum Gasteiger partial charge on any atom is -0.393 e. The number of rotatable bonds is 4. The number of aromatic nitrogens is 2. The van der Waals surface area contributed by atoms with E-state index in [4.69, 9.17) is 5.73 Å². The van der Waals surface area contributed by atoms with Gasteiger partial charge in [0, 0.05) is 19.8 Å². The predicted molar refractivity (Wildman–Crippen MR) is 70.8 cm³/mol. The van der Waals surface area contributed by atoms with Gasteiger partial charge in [0.1, 0.15) is 4.90 Å². The lowest BCUT2D eigenvalue weighted by molar-refractivity contribution is 0.109. The first-order valence-corrected chi connectivity index (χ1v) is 7.83. The number of aliphatic hydroxyl groups excluding tert-OH is 1. The zero-order valence-electron chi connectivity index (χ0n) is 10.9. The number of hydrogen-bond acceptors (Lipinski definition) is 5. The van der Waals surface area contributed by atoms with Crippen LogP contribution in [0, 0.1) is 5.92 Å². The summed E-state index contributed by atoms with van der Waals surface area (Å²) in [5.41, 5.74) is 5.57. The van der Waals surface area contributed by atoms with Crippen LogP contribution >= 0.6 is 0 Å². The average molecular weight is 288 g/mol. The molecule has 0 bridgehead atoms. The number of nitrogen functional groups attached to an aromatic ring is 1. The second-order valence-corrected chi connectivity index (χ2v) is 6.81. The molecule has 4 N–H and O–H groups in total. The van der Waals surface area contributed by atoms with Gasteiger partial charge < -0.3 is 10.8 Å². The molecule has 0 amide bonds. The van der Waals surface area contributed by atoms with Crippen molar-refractivity contribution in [2.24, 2.45) is 13.0 Å². The van der Waals surface area contributed by atoms with Gasteiger partial charge in [-0.15, -0.1) is 0 Å². The Kier molecular flexibility index (Phi) is 4.12. The van der Waals surface area contributed by atoms with E-state index in [2.05, 4.69) is 9.82 Å². The number of sulfonamides is 1. The Bertz CT molecular complexity index is 532. The van der Waals surface area contributed by atoms with E-state index in [-0.39, 0.29) is 22.7 Å². The quantitative estimate of drug-likeness (QED) is 0.712. The van der Waals surface area contributed by atoms with Gasteiger partial charge in [0.25, 0.3) is 0 Å². The molecule has 1 aliphatic rings. The van der Waals surface area contributed by atoms with Gasteiger partial charge in [-0.2, -0.15) is 5.10 Å². The molecule has 19 heavy (non-hydrogen) atoms. The van der Waals surface area contributed by atoms with Crippen molar-refractivity contribution in [1.29, 1.82) is 0 Å². The van der Waals surface area contributed by atoms with Crippen molar-refractivity contribution in [2.45, 2.75) is 36.7 Å². The van der Waals surface area contributed by atoms with Gasteiger partial charge in [0.2, 0.25) is 10.0 Å². The molecular formula is C11H20N4O3S. The van der Waals surface area contributed by atoms with Gasteiger partial charge in [-0.3, -0.25) is 4.68 Å². The topological polar surface area (TPSA) is 110 Å². The van der Waals surface area contributed by atoms with Crippen molar-refractivity contribution in [1.82, 2.24) is 14.5 Å². The third kappa shape index (κ3) is 3.46. The molecule has 1 fully saturated rings. The second-order valence-electron chi connectivity index (χ2n) is 5.08. The molecule has 0 unspecified atom stereocenters. The Balaban J connectivity index is 1.96. The highest BCUT2D eigenvalue weighted by Gasteiger charge is 2.24. The molecular weight excluding hydrogens is 268 g/mol. The first-order chi connectivity index (χ1) is 8.88. The van der Waals surface area contributed by atoms with Gasteiger partial charge >= 0.3 is 0 Å². The minimum atomic E-state index is -3.60. The van der Waals surface area contributed by atoms with Crippen LogP contribution < -0.4 is 10.5 Å². The summed E-state index contributed by atoms with van der Waals surface area (Å²) < 4.78 is 28.1. The van der Waals surface area contributed by atoms with E-state index in [0.29, 0.717) is 6.54 Å². The SMILES string of the molecule is Cn1cc(S(=O)(=O)NCC2CCC(O)CC2)c(N)n1. The molecule has 0 spiro atoms. The number of aliphatic hydroxyl groups is 1.